The van der Waals surface area contributed by atoms with Crippen LogP contribution in [0, 0.1) is 0 Å². The van der Waals surface area contributed by atoms with Crippen LogP contribution in [0.5, 0.6) is 0 Å². The molecule has 1 atom stereocenters. The lowest BCUT2D eigenvalue weighted by Gasteiger charge is -2.36. The van der Waals surface area contributed by atoms with Crippen LogP contribution in [0.3, 0.4) is 0 Å². The third-order valence-corrected chi connectivity index (χ3v) is 3.44. The molecule has 1 unspecified atom stereocenters. The first-order chi connectivity index (χ1) is 8.15. The minimum atomic E-state index is 0.211. The van der Waals surface area contributed by atoms with Gasteiger partial charge < -0.3 is 15.3 Å². The van der Waals surface area contributed by atoms with Crippen LogP contribution in [0.2, 0.25) is 0 Å². The molecule has 5 heteroatoms. The summed E-state index contributed by atoms with van der Waals surface area (Å²) in [6, 6.07) is 0.211. The minimum absolute atomic E-state index is 0.211. The first kappa shape index (κ1) is 14.9. The predicted molar refractivity (Wildman–Crippen MR) is 71.4 cm³/mol. The Balaban J connectivity index is 2.16. The molecule has 0 aromatic heterocycles. The molecule has 5 nitrogen and oxygen atoms in total. The summed E-state index contributed by atoms with van der Waals surface area (Å²) in [6.07, 6.45) is 0. The maximum atomic E-state index is 9.15. The van der Waals surface area contributed by atoms with Gasteiger partial charge in [0.2, 0.25) is 0 Å². The van der Waals surface area contributed by atoms with E-state index in [1.807, 2.05) is 7.05 Å². The second-order valence-electron chi connectivity index (χ2n) is 5.11. The number of likely N-dealkylation sites (N-methyl/N-ethyl adjacent to an activating group) is 2. The van der Waals surface area contributed by atoms with Crippen molar-refractivity contribution in [3.8, 4) is 0 Å². The van der Waals surface area contributed by atoms with Gasteiger partial charge in [0.1, 0.15) is 0 Å². The molecule has 0 saturated carbocycles. The van der Waals surface area contributed by atoms with Crippen LogP contribution in [0.1, 0.15) is 0 Å². The number of nitrogens with zero attached hydrogens (tertiary/aromatic N) is 3. The highest BCUT2D eigenvalue weighted by Gasteiger charge is 2.18. The van der Waals surface area contributed by atoms with E-state index in [0.717, 1.165) is 45.8 Å². The van der Waals surface area contributed by atoms with Crippen molar-refractivity contribution in [3.05, 3.63) is 0 Å². The number of aliphatic hydroxyl groups is 1. The summed E-state index contributed by atoms with van der Waals surface area (Å²) in [5.74, 6) is 0. The number of hydrogen-bond donors (Lipinski definition) is 2. The summed E-state index contributed by atoms with van der Waals surface area (Å²) >= 11 is 0. The molecule has 0 spiro atoms. The van der Waals surface area contributed by atoms with E-state index in [-0.39, 0.29) is 12.6 Å². The van der Waals surface area contributed by atoms with E-state index >= 15 is 0 Å². The molecule has 1 aliphatic heterocycles. The molecule has 0 radical (unpaired) electrons. The SMILES string of the molecule is CNC(CO)CN1CCN(CCN(C)C)CC1. The average molecular weight is 244 g/mol. The molecule has 1 aliphatic rings. The maximum Gasteiger partial charge on any atom is 0.0597 e. The molecule has 1 rings (SSSR count). The average Bonchev–Trinajstić information content (AvgIpc) is 2.34. The molecule has 17 heavy (non-hydrogen) atoms. The Labute approximate surface area is 105 Å². The van der Waals surface area contributed by atoms with E-state index in [0.29, 0.717) is 0 Å². The van der Waals surface area contributed by atoms with Crippen molar-refractivity contribution in [2.75, 3.05) is 73.6 Å². The van der Waals surface area contributed by atoms with E-state index in [1.165, 1.54) is 0 Å². The van der Waals surface area contributed by atoms with Crippen molar-refractivity contribution < 1.29 is 5.11 Å². The zero-order valence-electron chi connectivity index (χ0n) is 11.5. The smallest absolute Gasteiger partial charge is 0.0597 e. The molecule has 0 amide bonds. The van der Waals surface area contributed by atoms with Gasteiger partial charge in [0.25, 0.3) is 0 Å². The second kappa shape index (κ2) is 8.00. The number of nitrogens with one attached hydrogen (secondary N) is 1. The fourth-order valence-corrected chi connectivity index (χ4v) is 2.09. The van der Waals surface area contributed by atoms with Crippen molar-refractivity contribution in [3.63, 3.8) is 0 Å². The number of rotatable bonds is 7. The zero-order chi connectivity index (χ0) is 12.7. The summed E-state index contributed by atoms with van der Waals surface area (Å²) < 4.78 is 0. The van der Waals surface area contributed by atoms with Gasteiger partial charge in [-0.15, -0.1) is 0 Å². The van der Waals surface area contributed by atoms with Crippen molar-refractivity contribution in [1.29, 1.82) is 0 Å². The monoisotopic (exact) mass is 244 g/mol. The highest BCUT2D eigenvalue weighted by Crippen LogP contribution is 2.02. The Morgan fingerprint density at radius 1 is 1.18 bits per heavy atom. The summed E-state index contributed by atoms with van der Waals surface area (Å²) in [7, 11) is 6.15. The molecule has 0 aromatic rings. The minimum Gasteiger partial charge on any atom is -0.395 e. The molecule has 0 aromatic carbocycles. The van der Waals surface area contributed by atoms with E-state index < -0.39 is 0 Å². The van der Waals surface area contributed by atoms with E-state index in [1.54, 1.807) is 0 Å². The van der Waals surface area contributed by atoms with Crippen molar-refractivity contribution in [2.45, 2.75) is 6.04 Å². The topological polar surface area (TPSA) is 42.0 Å². The van der Waals surface area contributed by atoms with Gasteiger partial charge >= 0.3 is 0 Å². The van der Waals surface area contributed by atoms with Crippen LogP contribution in [0.4, 0.5) is 0 Å². The summed E-state index contributed by atoms with van der Waals surface area (Å²) in [5.41, 5.74) is 0. The van der Waals surface area contributed by atoms with Gasteiger partial charge in [0.15, 0.2) is 0 Å². The van der Waals surface area contributed by atoms with Crippen LogP contribution >= 0.6 is 0 Å². The molecule has 1 heterocycles. The summed E-state index contributed by atoms with van der Waals surface area (Å²) in [5, 5.41) is 12.3. The Kier molecular flexibility index (Phi) is 6.99. The molecular formula is C12H28N4O. The Hall–Kier alpha value is -0.200. The fourth-order valence-electron chi connectivity index (χ4n) is 2.09. The Morgan fingerprint density at radius 2 is 1.76 bits per heavy atom. The quantitative estimate of drug-likeness (QED) is 0.585. The molecule has 2 N–H and O–H groups in total. The summed E-state index contributed by atoms with van der Waals surface area (Å²) in [4.78, 5) is 7.18. The van der Waals surface area contributed by atoms with Gasteiger partial charge in [-0.3, -0.25) is 9.80 Å². The number of hydrogen-bond acceptors (Lipinski definition) is 5. The maximum absolute atomic E-state index is 9.15. The molecule has 1 fully saturated rings. The first-order valence-electron chi connectivity index (χ1n) is 6.53. The normalized spacial score (nSPS) is 21.0. The van der Waals surface area contributed by atoms with Crippen LogP contribution in [0.25, 0.3) is 0 Å². The van der Waals surface area contributed by atoms with Gasteiger partial charge in [-0.25, -0.2) is 0 Å². The predicted octanol–water partition coefficient (Wildman–Crippen LogP) is -1.25. The van der Waals surface area contributed by atoms with E-state index in [4.69, 9.17) is 5.11 Å². The van der Waals surface area contributed by atoms with Gasteiger partial charge in [-0.1, -0.05) is 0 Å². The van der Waals surface area contributed by atoms with Gasteiger partial charge in [-0.05, 0) is 21.1 Å². The fraction of sp³-hybridized carbons (Fsp3) is 1.00. The zero-order valence-corrected chi connectivity index (χ0v) is 11.5. The Bertz CT molecular complexity index is 189. The molecule has 1 saturated heterocycles. The highest BCUT2D eigenvalue weighted by atomic mass is 16.3. The van der Waals surface area contributed by atoms with Crippen LogP contribution in [-0.4, -0.2) is 99.4 Å². The lowest BCUT2D eigenvalue weighted by molar-refractivity contribution is 0.107. The molecular weight excluding hydrogens is 216 g/mol. The molecule has 102 valence electrons. The summed E-state index contributed by atoms with van der Waals surface area (Å²) in [6.45, 7) is 8.00. The Morgan fingerprint density at radius 3 is 2.24 bits per heavy atom. The standard InChI is InChI=1S/C12H28N4O/c1-13-12(11-17)10-16-8-6-15(7-9-16)5-4-14(2)3/h12-13,17H,4-11H2,1-3H3. The third-order valence-electron chi connectivity index (χ3n) is 3.44. The molecule has 0 aliphatic carbocycles. The number of aliphatic hydroxyl groups excluding tert-OH is 1. The van der Waals surface area contributed by atoms with Gasteiger partial charge in [-0.2, -0.15) is 0 Å². The second-order valence-corrected chi connectivity index (χ2v) is 5.11. The van der Waals surface area contributed by atoms with Crippen molar-refractivity contribution in [2.24, 2.45) is 0 Å². The largest absolute Gasteiger partial charge is 0.395 e. The van der Waals surface area contributed by atoms with Crippen molar-refractivity contribution >= 4 is 0 Å². The lowest BCUT2D eigenvalue weighted by Crippen LogP contribution is -2.51. The van der Waals surface area contributed by atoms with Crippen LogP contribution < -0.4 is 5.32 Å². The lowest BCUT2D eigenvalue weighted by atomic mass is 10.2. The molecule has 0 bridgehead atoms. The van der Waals surface area contributed by atoms with Crippen LogP contribution in [-0.2, 0) is 0 Å². The first-order valence-corrected chi connectivity index (χ1v) is 6.53. The van der Waals surface area contributed by atoms with E-state index in [9.17, 15) is 0 Å². The van der Waals surface area contributed by atoms with Gasteiger partial charge in [0.05, 0.1) is 6.61 Å². The number of piperazine rings is 1. The van der Waals surface area contributed by atoms with Crippen LogP contribution in [0.15, 0.2) is 0 Å². The third kappa shape index (κ3) is 5.79. The highest BCUT2D eigenvalue weighted by molar-refractivity contribution is 4.76. The van der Waals surface area contributed by atoms with Crippen molar-refractivity contribution in [1.82, 2.24) is 20.0 Å². The van der Waals surface area contributed by atoms with E-state index in [2.05, 4.69) is 34.1 Å². The van der Waals surface area contributed by atoms with Gasteiger partial charge in [0, 0.05) is 51.9 Å².